The van der Waals surface area contributed by atoms with Gasteiger partial charge in [-0.3, -0.25) is 9.69 Å². The first kappa shape index (κ1) is 23.8. The Bertz CT molecular complexity index is 818. The molecule has 29 heavy (non-hydrogen) atoms. The fourth-order valence-electron chi connectivity index (χ4n) is 4.04. The highest BCUT2D eigenvalue weighted by molar-refractivity contribution is 7.89. The Morgan fingerprint density at radius 3 is 2.31 bits per heavy atom. The van der Waals surface area contributed by atoms with Gasteiger partial charge >= 0.3 is 0 Å². The summed E-state index contributed by atoms with van der Waals surface area (Å²) in [4.78, 5) is 16.5. The molecule has 1 fully saturated rings. The van der Waals surface area contributed by atoms with Crippen LogP contribution >= 0.6 is 0 Å². The summed E-state index contributed by atoms with van der Waals surface area (Å²) in [5.41, 5.74) is 2.66. The molecular weight excluding hydrogens is 386 g/mol. The lowest BCUT2D eigenvalue weighted by Crippen LogP contribution is -2.43. The van der Waals surface area contributed by atoms with Gasteiger partial charge in [-0.05, 0) is 61.8 Å². The van der Waals surface area contributed by atoms with Crippen molar-refractivity contribution in [1.29, 1.82) is 0 Å². The van der Waals surface area contributed by atoms with Crippen LogP contribution in [-0.4, -0.2) is 63.9 Å². The molecule has 0 spiro atoms. The van der Waals surface area contributed by atoms with Gasteiger partial charge in [-0.15, -0.1) is 0 Å². The summed E-state index contributed by atoms with van der Waals surface area (Å²) in [7, 11) is -0.00598. The highest BCUT2D eigenvalue weighted by atomic mass is 32.2. The van der Waals surface area contributed by atoms with Crippen LogP contribution in [0.1, 0.15) is 56.7 Å². The number of hydrogen-bond donors (Lipinski definition) is 1. The Kier molecular flexibility index (Phi) is 7.52. The number of aryl methyl sites for hydroxylation is 2. The minimum Gasteiger partial charge on any atom is -0.347 e. The van der Waals surface area contributed by atoms with Crippen molar-refractivity contribution in [2.45, 2.75) is 70.2 Å². The monoisotopic (exact) mass is 423 g/mol. The Labute approximate surface area is 176 Å². The normalized spacial score (nSPS) is 18.2. The van der Waals surface area contributed by atoms with Gasteiger partial charge < -0.3 is 4.90 Å². The average Bonchev–Trinajstić information content (AvgIpc) is 3.04. The fraction of sp³-hybridized carbons (Fsp3) is 0.682. The number of likely N-dealkylation sites (N-methyl/N-ethyl adjacent to an activating group) is 1. The Morgan fingerprint density at radius 1 is 1.21 bits per heavy atom. The van der Waals surface area contributed by atoms with E-state index in [1.54, 1.807) is 19.0 Å². The van der Waals surface area contributed by atoms with Gasteiger partial charge in [0.1, 0.15) is 0 Å². The number of rotatable bonds is 7. The first-order chi connectivity index (χ1) is 13.3. The molecule has 1 atom stereocenters. The third kappa shape index (κ3) is 5.80. The van der Waals surface area contributed by atoms with E-state index < -0.39 is 10.0 Å². The van der Waals surface area contributed by atoms with Gasteiger partial charge in [0.15, 0.2) is 0 Å². The number of nitrogens with zero attached hydrogens (tertiary/aromatic N) is 2. The van der Waals surface area contributed by atoms with Crippen LogP contribution in [0.15, 0.2) is 17.0 Å². The average molecular weight is 424 g/mol. The highest BCUT2D eigenvalue weighted by Crippen LogP contribution is 2.29. The minimum atomic E-state index is -3.57. The fourth-order valence-corrected chi connectivity index (χ4v) is 5.56. The Balaban J connectivity index is 2.00. The standard InChI is InChI=1S/C22H37N3O3S/c1-16-14-18(22(3,4)5)15-17(2)20(16)29(27,28)23-11-9-13-25-12-8-10-19(25)21(26)24(6)7/h14-15,19,23H,8-13H2,1-7H3. The van der Waals surface area contributed by atoms with Gasteiger partial charge in [0.05, 0.1) is 10.9 Å². The smallest absolute Gasteiger partial charge is 0.241 e. The first-order valence-electron chi connectivity index (χ1n) is 10.4. The van der Waals surface area contributed by atoms with Gasteiger partial charge in [0.2, 0.25) is 15.9 Å². The van der Waals surface area contributed by atoms with Crippen LogP contribution in [0, 0.1) is 13.8 Å². The number of amides is 1. The van der Waals surface area contributed by atoms with E-state index >= 15 is 0 Å². The number of carbonyl (C=O) groups is 1. The lowest BCUT2D eigenvalue weighted by atomic mass is 9.85. The molecule has 0 aliphatic carbocycles. The zero-order valence-electron chi connectivity index (χ0n) is 19.0. The summed E-state index contributed by atoms with van der Waals surface area (Å²) < 4.78 is 28.6. The molecule has 0 bridgehead atoms. The third-order valence-corrected chi connectivity index (χ3v) is 7.36. The number of hydrogen-bond acceptors (Lipinski definition) is 4. The molecule has 2 rings (SSSR count). The SMILES string of the molecule is Cc1cc(C(C)(C)C)cc(C)c1S(=O)(=O)NCCCN1CCCC1C(=O)N(C)C. The van der Waals surface area contributed by atoms with Crippen LogP contribution in [0.25, 0.3) is 0 Å². The van der Waals surface area contributed by atoms with Gasteiger partial charge in [0.25, 0.3) is 0 Å². The number of benzene rings is 1. The molecule has 6 nitrogen and oxygen atoms in total. The number of sulfonamides is 1. The van der Waals surface area contributed by atoms with Crippen LogP contribution < -0.4 is 4.72 Å². The first-order valence-corrected chi connectivity index (χ1v) is 11.9. The van der Waals surface area contributed by atoms with Crippen LogP contribution in [-0.2, 0) is 20.2 Å². The van der Waals surface area contributed by atoms with Crippen molar-refractivity contribution < 1.29 is 13.2 Å². The number of nitrogens with one attached hydrogen (secondary N) is 1. The van der Waals surface area contributed by atoms with Crippen molar-refractivity contribution in [3.63, 3.8) is 0 Å². The van der Waals surface area contributed by atoms with Crippen molar-refractivity contribution in [3.8, 4) is 0 Å². The van der Waals surface area contributed by atoms with E-state index in [9.17, 15) is 13.2 Å². The van der Waals surface area contributed by atoms with E-state index in [4.69, 9.17) is 0 Å². The van der Waals surface area contributed by atoms with Crippen molar-refractivity contribution in [1.82, 2.24) is 14.5 Å². The van der Waals surface area contributed by atoms with Gasteiger partial charge in [0, 0.05) is 27.2 Å². The second-order valence-electron chi connectivity index (χ2n) is 9.37. The van der Waals surface area contributed by atoms with Crippen molar-refractivity contribution in [2.75, 3.05) is 33.7 Å². The Morgan fingerprint density at radius 2 is 1.79 bits per heavy atom. The number of likely N-dealkylation sites (tertiary alicyclic amines) is 1. The zero-order valence-corrected chi connectivity index (χ0v) is 19.8. The maximum atomic E-state index is 12.9. The van der Waals surface area contributed by atoms with Crippen LogP contribution in [0.3, 0.4) is 0 Å². The molecule has 1 aliphatic heterocycles. The molecule has 1 unspecified atom stereocenters. The molecule has 7 heteroatoms. The van der Waals surface area contributed by atoms with Gasteiger partial charge in [-0.25, -0.2) is 13.1 Å². The molecule has 1 aliphatic rings. The summed E-state index contributed by atoms with van der Waals surface area (Å²) >= 11 is 0. The van der Waals surface area contributed by atoms with Crippen LogP contribution in [0.2, 0.25) is 0 Å². The van der Waals surface area contributed by atoms with E-state index in [0.717, 1.165) is 36.1 Å². The minimum absolute atomic E-state index is 0.0263. The van der Waals surface area contributed by atoms with E-state index in [1.807, 2.05) is 26.0 Å². The Hall–Kier alpha value is -1.44. The van der Waals surface area contributed by atoms with Crippen molar-refractivity contribution >= 4 is 15.9 Å². The lowest BCUT2D eigenvalue weighted by molar-refractivity contribution is -0.133. The molecule has 0 saturated carbocycles. The van der Waals surface area contributed by atoms with E-state index in [1.165, 1.54) is 0 Å². The van der Waals surface area contributed by atoms with Crippen molar-refractivity contribution in [2.24, 2.45) is 0 Å². The molecule has 1 amide bonds. The summed E-state index contributed by atoms with van der Waals surface area (Å²) in [6.07, 6.45) is 2.56. The maximum absolute atomic E-state index is 12.9. The second kappa shape index (κ2) is 9.14. The topological polar surface area (TPSA) is 69.7 Å². The van der Waals surface area contributed by atoms with E-state index in [2.05, 4.69) is 30.4 Å². The summed E-state index contributed by atoms with van der Waals surface area (Å²) in [6.45, 7) is 12.1. The van der Waals surface area contributed by atoms with Crippen molar-refractivity contribution in [3.05, 3.63) is 28.8 Å². The quantitative estimate of drug-likeness (QED) is 0.685. The number of carbonyl (C=O) groups excluding carboxylic acids is 1. The third-order valence-electron chi connectivity index (χ3n) is 5.60. The van der Waals surface area contributed by atoms with Crippen LogP contribution in [0.5, 0.6) is 0 Å². The molecule has 1 aromatic carbocycles. The molecule has 1 aromatic rings. The molecule has 1 heterocycles. The maximum Gasteiger partial charge on any atom is 0.241 e. The molecule has 1 N–H and O–H groups in total. The zero-order chi connectivity index (χ0) is 22.0. The largest absolute Gasteiger partial charge is 0.347 e. The summed E-state index contributed by atoms with van der Waals surface area (Å²) in [6, 6.07) is 3.88. The van der Waals surface area contributed by atoms with E-state index in [-0.39, 0.29) is 17.4 Å². The van der Waals surface area contributed by atoms with Crippen LogP contribution in [0.4, 0.5) is 0 Å². The van der Waals surface area contributed by atoms with Gasteiger partial charge in [-0.1, -0.05) is 32.9 Å². The summed E-state index contributed by atoms with van der Waals surface area (Å²) in [5.74, 6) is 0.133. The molecule has 0 radical (unpaired) electrons. The predicted molar refractivity (Wildman–Crippen MR) is 118 cm³/mol. The highest BCUT2D eigenvalue weighted by Gasteiger charge is 2.31. The van der Waals surface area contributed by atoms with Gasteiger partial charge in [-0.2, -0.15) is 0 Å². The molecular formula is C22H37N3O3S. The molecule has 164 valence electrons. The lowest BCUT2D eigenvalue weighted by Gasteiger charge is -2.26. The predicted octanol–water partition coefficient (Wildman–Crippen LogP) is 2.82. The summed E-state index contributed by atoms with van der Waals surface area (Å²) in [5, 5.41) is 0. The molecule has 1 saturated heterocycles. The second-order valence-corrected chi connectivity index (χ2v) is 11.1. The molecule has 0 aromatic heterocycles. The van der Waals surface area contributed by atoms with E-state index in [0.29, 0.717) is 24.4 Å².